The van der Waals surface area contributed by atoms with E-state index in [4.69, 9.17) is 0 Å². The minimum Gasteiger partial charge on any atom is -0.493 e. The van der Waals surface area contributed by atoms with Crippen molar-refractivity contribution in [1.29, 1.82) is 0 Å². The molecule has 8 nitrogen and oxygen atoms in total. The molecule has 3 aliphatic rings. The summed E-state index contributed by atoms with van der Waals surface area (Å²) in [6.45, 7) is 4.09. The Hall–Kier alpha value is -1.87. The molecule has 144 valence electrons. The molecule has 0 aromatic carbocycles. The molecule has 0 saturated carbocycles. The van der Waals surface area contributed by atoms with Crippen LogP contribution in [0.5, 0.6) is 0 Å². The zero-order valence-electron chi connectivity index (χ0n) is 15.3. The van der Waals surface area contributed by atoms with E-state index in [-0.39, 0.29) is 34.7 Å². The Kier molecular flexibility index (Phi) is 4.87. The van der Waals surface area contributed by atoms with E-state index in [2.05, 4.69) is 5.32 Å². The number of nitrogens with zero attached hydrogens (tertiary/aromatic N) is 2. The maximum absolute atomic E-state index is 12.3. The van der Waals surface area contributed by atoms with Gasteiger partial charge in [-0.1, -0.05) is 6.92 Å². The van der Waals surface area contributed by atoms with Crippen molar-refractivity contribution < 1.29 is 24.9 Å². The summed E-state index contributed by atoms with van der Waals surface area (Å²) in [7, 11) is 3.50. The van der Waals surface area contributed by atoms with Crippen molar-refractivity contribution in [2.24, 2.45) is 11.8 Å². The first kappa shape index (κ1) is 18.9. The molecule has 2 fully saturated rings. The number of β-lactam (4-membered cyclic amide) rings is 1. The van der Waals surface area contributed by atoms with Crippen molar-refractivity contribution in [2.75, 3.05) is 20.6 Å². The van der Waals surface area contributed by atoms with Crippen molar-refractivity contribution in [3.05, 3.63) is 22.2 Å². The first-order chi connectivity index (χ1) is 12.1. The number of carboxylic acids is 1. The molecule has 0 bridgehead atoms. The van der Waals surface area contributed by atoms with E-state index in [1.165, 1.54) is 16.7 Å². The van der Waals surface area contributed by atoms with Crippen LogP contribution in [0.15, 0.2) is 22.2 Å². The minimum atomic E-state index is -1.11. The number of hydrogen-bond acceptors (Lipinski definition) is 7. The van der Waals surface area contributed by atoms with Crippen molar-refractivity contribution in [1.82, 2.24) is 15.1 Å². The molecule has 2 saturated heterocycles. The van der Waals surface area contributed by atoms with E-state index in [0.717, 1.165) is 5.70 Å². The minimum absolute atomic E-state index is 0.0451. The SMILES string of the molecule is CC(O)C1C(=O)N2C(C(=O)O)=C(SC3CNC(=C(O)N(C)C)C3)C(C)C12. The molecule has 9 heteroatoms. The highest BCUT2D eigenvalue weighted by atomic mass is 32.2. The third-order valence-corrected chi connectivity index (χ3v) is 6.76. The lowest BCUT2D eigenvalue weighted by atomic mass is 9.79. The molecule has 0 aromatic heterocycles. The van der Waals surface area contributed by atoms with E-state index >= 15 is 0 Å². The molecule has 5 atom stereocenters. The van der Waals surface area contributed by atoms with E-state index in [1.54, 1.807) is 25.9 Å². The number of aliphatic carboxylic acids is 1. The molecule has 0 spiro atoms. The number of carbonyl (C=O) groups excluding carboxylic acids is 1. The lowest BCUT2D eigenvalue weighted by Gasteiger charge is -2.46. The number of allylic oxidation sites excluding steroid dienone is 1. The van der Waals surface area contributed by atoms with Gasteiger partial charge >= 0.3 is 5.97 Å². The predicted molar refractivity (Wildman–Crippen MR) is 97.0 cm³/mol. The Morgan fingerprint density at radius 2 is 2.04 bits per heavy atom. The van der Waals surface area contributed by atoms with E-state index in [9.17, 15) is 24.9 Å². The Bertz CT molecular complexity index is 703. The average molecular weight is 383 g/mol. The Morgan fingerprint density at radius 3 is 2.58 bits per heavy atom. The second kappa shape index (κ2) is 6.70. The Morgan fingerprint density at radius 1 is 1.38 bits per heavy atom. The van der Waals surface area contributed by atoms with Gasteiger partial charge < -0.3 is 30.4 Å². The summed E-state index contributed by atoms with van der Waals surface area (Å²) in [4.78, 5) is 27.8. The van der Waals surface area contributed by atoms with Gasteiger partial charge in [0.25, 0.3) is 0 Å². The Balaban J connectivity index is 1.83. The van der Waals surface area contributed by atoms with Crippen molar-refractivity contribution in [2.45, 2.75) is 37.7 Å². The van der Waals surface area contributed by atoms with Crippen molar-refractivity contribution in [3.63, 3.8) is 0 Å². The zero-order chi connectivity index (χ0) is 19.3. The third kappa shape index (κ3) is 2.83. The number of amides is 1. The van der Waals surface area contributed by atoms with Crippen molar-refractivity contribution >= 4 is 23.6 Å². The lowest BCUT2D eigenvalue weighted by molar-refractivity contribution is -0.163. The van der Waals surface area contributed by atoms with Gasteiger partial charge in [-0.15, -0.1) is 11.8 Å². The zero-order valence-corrected chi connectivity index (χ0v) is 16.1. The quantitative estimate of drug-likeness (QED) is 0.402. The highest BCUT2D eigenvalue weighted by Crippen LogP contribution is 2.51. The van der Waals surface area contributed by atoms with Gasteiger partial charge in [-0.05, 0) is 6.92 Å². The molecule has 1 amide bonds. The number of rotatable bonds is 5. The number of fused-ring (bicyclic) bond motifs is 1. The summed E-state index contributed by atoms with van der Waals surface area (Å²) in [6.07, 6.45) is -0.207. The van der Waals surface area contributed by atoms with E-state index in [1.807, 2.05) is 6.92 Å². The summed E-state index contributed by atoms with van der Waals surface area (Å²) in [5.74, 6) is -1.95. The summed E-state index contributed by atoms with van der Waals surface area (Å²) < 4.78 is 0. The van der Waals surface area contributed by atoms with Gasteiger partial charge in [-0.2, -0.15) is 0 Å². The van der Waals surface area contributed by atoms with E-state index < -0.39 is 18.0 Å². The Labute approximate surface area is 156 Å². The molecule has 0 aromatic rings. The highest BCUT2D eigenvalue weighted by Gasteiger charge is 2.60. The van der Waals surface area contributed by atoms with Crippen LogP contribution in [0.1, 0.15) is 20.3 Å². The van der Waals surface area contributed by atoms with Crippen LogP contribution >= 0.6 is 11.8 Å². The standard InChI is InChI=1S/C17H25N3O5S/c1-7-12-11(8(2)21)16(23)20(12)13(17(24)25)14(7)26-9-5-10(18-6-9)15(22)19(3)4/h7-9,11-12,18,21-22H,5-6H2,1-4H3,(H,24,25). The van der Waals surface area contributed by atoms with Crippen LogP contribution in [-0.4, -0.2) is 75.0 Å². The molecule has 3 heterocycles. The average Bonchev–Trinajstić information content (AvgIpc) is 3.09. The van der Waals surface area contributed by atoms with Crippen LogP contribution in [0, 0.1) is 11.8 Å². The topological polar surface area (TPSA) is 113 Å². The maximum Gasteiger partial charge on any atom is 0.353 e. The smallest absolute Gasteiger partial charge is 0.353 e. The summed E-state index contributed by atoms with van der Waals surface area (Å²) in [5, 5.41) is 32.8. The molecular formula is C17H25N3O5S. The third-order valence-electron chi connectivity index (χ3n) is 5.27. The number of hydrogen-bond donors (Lipinski definition) is 4. The van der Waals surface area contributed by atoms with E-state index in [0.29, 0.717) is 17.9 Å². The summed E-state index contributed by atoms with van der Waals surface area (Å²) >= 11 is 1.45. The number of aliphatic hydroxyl groups is 2. The summed E-state index contributed by atoms with van der Waals surface area (Å²) in [5.41, 5.74) is 0.778. The molecule has 0 radical (unpaired) electrons. The van der Waals surface area contributed by atoms with Gasteiger partial charge in [-0.25, -0.2) is 4.79 Å². The molecule has 0 aliphatic carbocycles. The van der Waals surface area contributed by atoms with Crippen LogP contribution in [0.2, 0.25) is 0 Å². The van der Waals surface area contributed by atoms with Crippen LogP contribution in [0.25, 0.3) is 0 Å². The van der Waals surface area contributed by atoms with Gasteiger partial charge in [0.1, 0.15) is 5.70 Å². The van der Waals surface area contributed by atoms with Gasteiger partial charge in [0.15, 0.2) is 0 Å². The fourth-order valence-electron chi connectivity index (χ4n) is 3.99. The fourth-order valence-corrected chi connectivity index (χ4v) is 5.42. The molecular weight excluding hydrogens is 358 g/mol. The first-order valence-electron chi connectivity index (χ1n) is 8.63. The number of carbonyl (C=O) groups is 2. The second-order valence-corrected chi connectivity index (χ2v) is 8.64. The fraction of sp³-hybridized carbons (Fsp3) is 0.647. The second-order valence-electron chi connectivity index (χ2n) is 7.29. The molecule has 26 heavy (non-hydrogen) atoms. The number of nitrogens with one attached hydrogen (secondary N) is 1. The normalized spacial score (nSPS) is 33.6. The largest absolute Gasteiger partial charge is 0.493 e. The van der Waals surface area contributed by atoms with Crippen molar-refractivity contribution in [3.8, 4) is 0 Å². The number of thioether (sulfide) groups is 1. The number of aliphatic hydroxyl groups excluding tert-OH is 2. The van der Waals surface area contributed by atoms with Crippen LogP contribution in [-0.2, 0) is 9.59 Å². The van der Waals surface area contributed by atoms with Gasteiger partial charge in [0.05, 0.1) is 23.8 Å². The lowest BCUT2D eigenvalue weighted by Crippen LogP contribution is -2.63. The van der Waals surface area contributed by atoms with Gasteiger partial charge in [0, 0.05) is 43.1 Å². The molecule has 4 N–H and O–H groups in total. The molecule has 3 aliphatic heterocycles. The van der Waals surface area contributed by atoms with Gasteiger partial charge in [0.2, 0.25) is 11.8 Å². The monoisotopic (exact) mass is 383 g/mol. The van der Waals surface area contributed by atoms with Crippen LogP contribution < -0.4 is 5.32 Å². The molecule has 5 unspecified atom stereocenters. The molecule has 3 rings (SSSR count). The first-order valence-corrected chi connectivity index (χ1v) is 9.51. The predicted octanol–water partition coefficient (Wildman–Crippen LogP) is 0.524. The highest BCUT2D eigenvalue weighted by molar-refractivity contribution is 8.03. The maximum atomic E-state index is 12.3. The van der Waals surface area contributed by atoms with Crippen LogP contribution in [0.3, 0.4) is 0 Å². The van der Waals surface area contributed by atoms with Gasteiger partial charge in [-0.3, -0.25) is 4.79 Å². The number of carboxylic acid groups (broad SMARTS) is 1. The summed E-state index contributed by atoms with van der Waals surface area (Å²) in [6, 6.07) is -0.296. The van der Waals surface area contributed by atoms with Crippen LogP contribution in [0.4, 0.5) is 0 Å².